The largest absolute Gasteiger partial charge is 0.371 e. The molecular formula is C15H24N2. The van der Waals surface area contributed by atoms with Crippen LogP contribution in [0.5, 0.6) is 0 Å². The summed E-state index contributed by atoms with van der Waals surface area (Å²) in [6.45, 7) is 5.72. The SMILES string of the molecule is CCC1CCN(c2ccccc2CNC)CC1. The number of piperidine rings is 1. The van der Waals surface area contributed by atoms with Gasteiger partial charge in [0.2, 0.25) is 0 Å². The summed E-state index contributed by atoms with van der Waals surface area (Å²) in [6.07, 6.45) is 4.04. The van der Waals surface area contributed by atoms with E-state index in [9.17, 15) is 0 Å². The Kier molecular flexibility index (Phi) is 4.43. The molecule has 0 amide bonds. The maximum atomic E-state index is 3.26. The van der Waals surface area contributed by atoms with Gasteiger partial charge in [0.05, 0.1) is 0 Å². The van der Waals surface area contributed by atoms with E-state index in [1.807, 2.05) is 7.05 Å². The molecule has 0 atom stereocenters. The average Bonchev–Trinajstić information content (AvgIpc) is 2.40. The Balaban J connectivity index is 2.07. The lowest BCUT2D eigenvalue weighted by Crippen LogP contribution is -2.34. The number of rotatable bonds is 4. The second-order valence-electron chi connectivity index (χ2n) is 5.00. The molecule has 0 spiro atoms. The predicted octanol–water partition coefficient (Wildman–Crippen LogP) is 3.03. The van der Waals surface area contributed by atoms with Gasteiger partial charge in [0.15, 0.2) is 0 Å². The van der Waals surface area contributed by atoms with E-state index in [1.165, 1.54) is 43.6 Å². The molecule has 1 N–H and O–H groups in total. The Morgan fingerprint density at radius 3 is 2.59 bits per heavy atom. The minimum atomic E-state index is 0.947. The van der Waals surface area contributed by atoms with Gasteiger partial charge < -0.3 is 10.2 Å². The zero-order valence-corrected chi connectivity index (χ0v) is 11.1. The van der Waals surface area contributed by atoms with Crippen molar-refractivity contribution in [3.8, 4) is 0 Å². The maximum Gasteiger partial charge on any atom is 0.0411 e. The lowest BCUT2D eigenvalue weighted by atomic mass is 9.94. The Labute approximate surface area is 105 Å². The van der Waals surface area contributed by atoms with Crippen molar-refractivity contribution in [3.63, 3.8) is 0 Å². The van der Waals surface area contributed by atoms with Gasteiger partial charge in [0.1, 0.15) is 0 Å². The molecule has 0 saturated carbocycles. The second-order valence-corrected chi connectivity index (χ2v) is 5.00. The Bertz CT molecular complexity index is 341. The highest BCUT2D eigenvalue weighted by molar-refractivity contribution is 5.53. The third-order valence-corrected chi connectivity index (χ3v) is 3.89. The number of nitrogens with zero attached hydrogens (tertiary/aromatic N) is 1. The van der Waals surface area contributed by atoms with Gasteiger partial charge in [0, 0.05) is 25.3 Å². The fourth-order valence-electron chi connectivity index (χ4n) is 2.74. The molecule has 0 aromatic heterocycles. The van der Waals surface area contributed by atoms with Crippen LogP contribution in [0.15, 0.2) is 24.3 Å². The fourth-order valence-corrected chi connectivity index (χ4v) is 2.74. The zero-order chi connectivity index (χ0) is 12.1. The minimum absolute atomic E-state index is 0.947. The first-order valence-corrected chi connectivity index (χ1v) is 6.82. The van der Waals surface area contributed by atoms with E-state index in [2.05, 4.69) is 41.4 Å². The first-order valence-electron chi connectivity index (χ1n) is 6.82. The number of benzene rings is 1. The summed E-state index contributed by atoms with van der Waals surface area (Å²) in [6, 6.07) is 8.78. The lowest BCUT2D eigenvalue weighted by molar-refractivity contribution is 0.394. The van der Waals surface area contributed by atoms with Gasteiger partial charge in [-0.3, -0.25) is 0 Å². The van der Waals surface area contributed by atoms with E-state index < -0.39 is 0 Å². The molecule has 2 rings (SSSR count). The monoisotopic (exact) mass is 232 g/mol. The first kappa shape index (κ1) is 12.4. The quantitative estimate of drug-likeness (QED) is 0.858. The molecule has 1 aliphatic rings. The molecule has 94 valence electrons. The topological polar surface area (TPSA) is 15.3 Å². The fraction of sp³-hybridized carbons (Fsp3) is 0.600. The molecule has 1 heterocycles. The Morgan fingerprint density at radius 2 is 1.94 bits per heavy atom. The highest BCUT2D eigenvalue weighted by Gasteiger charge is 2.19. The highest BCUT2D eigenvalue weighted by Crippen LogP contribution is 2.27. The van der Waals surface area contributed by atoms with Crippen molar-refractivity contribution < 1.29 is 0 Å². The molecule has 0 unspecified atom stereocenters. The lowest BCUT2D eigenvalue weighted by Gasteiger charge is -2.34. The van der Waals surface area contributed by atoms with Crippen LogP contribution >= 0.6 is 0 Å². The second kappa shape index (κ2) is 6.06. The normalized spacial score (nSPS) is 17.4. The van der Waals surface area contributed by atoms with Crippen molar-refractivity contribution in [1.82, 2.24) is 5.32 Å². The summed E-state index contributed by atoms with van der Waals surface area (Å²) >= 11 is 0. The first-order chi connectivity index (χ1) is 8.35. The van der Waals surface area contributed by atoms with Crippen LogP contribution in [-0.2, 0) is 6.54 Å². The van der Waals surface area contributed by atoms with Crippen molar-refractivity contribution >= 4 is 5.69 Å². The van der Waals surface area contributed by atoms with E-state index in [0.717, 1.165) is 12.5 Å². The Hall–Kier alpha value is -1.02. The molecule has 0 radical (unpaired) electrons. The van der Waals surface area contributed by atoms with Gasteiger partial charge in [-0.15, -0.1) is 0 Å². The maximum absolute atomic E-state index is 3.26. The highest BCUT2D eigenvalue weighted by atomic mass is 15.1. The molecule has 0 bridgehead atoms. The van der Waals surface area contributed by atoms with Crippen LogP contribution in [0.1, 0.15) is 31.7 Å². The minimum Gasteiger partial charge on any atom is -0.371 e. The number of hydrogen-bond acceptors (Lipinski definition) is 2. The van der Waals surface area contributed by atoms with Gasteiger partial charge in [-0.25, -0.2) is 0 Å². The van der Waals surface area contributed by atoms with Crippen molar-refractivity contribution in [1.29, 1.82) is 0 Å². The molecular weight excluding hydrogens is 208 g/mol. The van der Waals surface area contributed by atoms with E-state index in [4.69, 9.17) is 0 Å². The summed E-state index contributed by atoms with van der Waals surface area (Å²) < 4.78 is 0. The van der Waals surface area contributed by atoms with Crippen LogP contribution < -0.4 is 10.2 Å². The third kappa shape index (κ3) is 3.01. The summed E-state index contributed by atoms with van der Waals surface area (Å²) in [5, 5.41) is 3.26. The molecule has 2 nitrogen and oxygen atoms in total. The van der Waals surface area contributed by atoms with Crippen LogP contribution in [0.4, 0.5) is 5.69 Å². The van der Waals surface area contributed by atoms with Gasteiger partial charge in [-0.2, -0.15) is 0 Å². The summed E-state index contributed by atoms with van der Waals surface area (Å²) in [4.78, 5) is 2.55. The average molecular weight is 232 g/mol. The smallest absolute Gasteiger partial charge is 0.0411 e. The van der Waals surface area contributed by atoms with E-state index in [-0.39, 0.29) is 0 Å². The van der Waals surface area contributed by atoms with Gasteiger partial charge in [-0.1, -0.05) is 31.5 Å². The standard InChI is InChI=1S/C15H24N2/c1-3-13-8-10-17(11-9-13)15-7-5-4-6-14(15)12-16-2/h4-7,13,16H,3,8-12H2,1-2H3. The van der Waals surface area contributed by atoms with E-state index >= 15 is 0 Å². The van der Waals surface area contributed by atoms with Gasteiger partial charge >= 0.3 is 0 Å². The van der Waals surface area contributed by atoms with Crippen LogP contribution in [0.2, 0.25) is 0 Å². The summed E-state index contributed by atoms with van der Waals surface area (Å²) in [5.74, 6) is 0.947. The van der Waals surface area contributed by atoms with Crippen LogP contribution in [0.25, 0.3) is 0 Å². The van der Waals surface area contributed by atoms with E-state index in [1.54, 1.807) is 0 Å². The third-order valence-electron chi connectivity index (χ3n) is 3.89. The van der Waals surface area contributed by atoms with E-state index in [0.29, 0.717) is 0 Å². The van der Waals surface area contributed by atoms with Gasteiger partial charge in [-0.05, 0) is 37.4 Å². The molecule has 1 saturated heterocycles. The Morgan fingerprint density at radius 1 is 1.24 bits per heavy atom. The van der Waals surface area contributed by atoms with Gasteiger partial charge in [0.25, 0.3) is 0 Å². The molecule has 1 aromatic carbocycles. The number of nitrogens with one attached hydrogen (secondary N) is 1. The number of para-hydroxylation sites is 1. The molecule has 2 heteroatoms. The number of anilines is 1. The summed E-state index contributed by atoms with van der Waals surface area (Å²) in [5.41, 5.74) is 2.85. The molecule has 1 fully saturated rings. The van der Waals surface area contributed by atoms with Crippen molar-refractivity contribution in [3.05, 3.63) is 29.8 Å². The molecule has 17 heavy (non-hydrogen) atoms. The molecule has 1 aliphatic heterocycles. The summed E-state index contributed by atoms with van der Waals surface area (Å²) in [7, 11) is 2.01. The molecule has 1 aromatic rings. The zero-order valence-electron chi connectivity index (χ0n) is 11.1. The van der Waals surface area contributed by atoms with Crippen molar-refractivity contribution in [2.75, 3.05) is 25.0 Å². The van der Waals surface area contributed by atoms with Crippen molar-refractivity contribution in [2.45, 2.75) is 32.7 Å². The predicted molar refractivity (Wildman–Crippen MR) is 74.4 cm³/mol. The molecule has 0 aliphatic carbocycles. The van der Waals surface area contributed by atoms with Crippen LogP contribution in [-0.4, -0.2) is 20.1 Å². The van der Waals surface area contributed by atoms with Crippen LogP contribution in [0, 0.1) is 5.92 Å². The van der Waals surface area contributed by atoms with Crippen molar-refractivity contribution in [2.24, 2.45) is 5.92 Å². The van der Waals surface area contributed by atoms with Crippen LogP contribution in [0.3, 0.4) is 0 Å². The number of hydrogen-bond donors (Lipinski definition) is 1.